The minimum Gasteiger partial charge on any atom is -0.477 e. The highest BCUT2D eigenvalue weighted by Crippen LogP contribution is 2.63. The van der Waals surface area contributed by atoms with Crippen LogP contribution in [-0.2, 0) is 9.59 Å². The monoisotopic (exact) mass is 355 g/mol. The van der Waals surface area contributed by atoms with Crippen LogP contribution in [-0.4, -0.2) is 43.0 Å². The van der Waals surface area contributed by atoms with Crippen LogP contribution in [0.15, 0.2) is 40.3 Å². The lowest BCUT2D eigenvalue weighted by Crippen LogP contribution is -2.69. The van der Waals surface area contributed by atoms with Gasteiger partial charge in [0.2, 0.25) is 5.91 Å². The number of thioether (sulfide) groups is 2. The summed E-state index contributed by atoms with van der Waals surface area (Å²) in [6.07, 6.45) is 2.47. The fraction of sp³-hybridized carbons (Fsp3) is 0.357. The van der Waals surface area contributed by atoms with Crippen molar-refractivity contribution in [1.82, 2.24) is 4.90 Å². The number of carbonyl (C=O) groups excluding carboxylic acids is 1. The van der Waals surface area contributed by atoms with Gasteiger partial charge in [-0.1, -0.05) is 36.2 Å². The Labute approximate surface area is 142 Å². The topological polar surface area (TPSA) is 116 Å². The minimum atomic E-state index is -1.22. The molecule has 23 heavy (non-hydrogen) atoms. The van der Waals surface area contributed by atoms with E-state index in [1.165, 1.54) is 29.7 Å². The van der Waals surface area contributed by atoms with Gasteiger partial charge in [-0.25, -0.2) is 4.79 Å². The summed E-state index contributed by atoms with van der Waals surface area (Å²) in [4.78, 5) is 24.4. The zero-order valence-electron chi connectivity index (χ0n) is 12.4. The van der Waals surface area contributed by atoms with Crippen molar-refractivity contribution in [3.8, 4) is 0 Å². The van der Waals surface area contributed by atoms with E-state index in [9.17, 15) is 19.8 Å². The first-order valence-corrected chi connectivity index (χ1v) is 8.35. The fourth-order valence-corrected chi connectivity index (χ4v) is 5.77. The largest absolute Gasteiger partial charge is 0.477 e. The number of aliphatic carboxylic acids is 1. The van der Waals surface area contributed by atoms with E-state index in [1.807, 2.05) is 0 Å². The molecule has 1 fully saturated rings. The number of nitrogens with two attached hydrogens (primary N) is 1. The Morgan fingerprint density at radius 1 is 1.65 bits per heavy atom. The summed E-state index contributed by atoms with van der Waals surface area (Å²) in [5.41, 5.74) is -0.119. The van der Waals surface area contributed by atoms with E-state index in [4.69, 9.17) is 5.84 Å². The molecule has 124 valence electrons. The van der Waals surface area contributed by atoms with Crippen molar-refractivity contribution in [2.24, 2.45) is 16.9 Å². The first-order chi connectivity index (χ1) is 10.8. The highest BCUT2D eigenvalue weighted by molar-refractivity contribution is 8.30. The molecule has 9 heteroatoms. The molecular formula is C14H17N3O4S2. The molecule has 0 spiro atoms. The van der Waals surface area contributed by atoms with E-state index in [0.717, 1.165) is 11.8 Å². The predicted molar refractivity (Wildman–Crippen MR) is 91.2 cm³/mol. The second kappa shape index (κ2) is 6.42. The van der Waals surface area contributed by atoms with Crippen molar-refractivity contribution in [1.29, 1.82) is 0 Å². The van der Waals surface area contributed by atoms with Crippen LogP contribution in [0.3, 0.4) is 0 Å². The smallest absolute Gasteiger partial charge is 0.354 e. The van der Waals surface area contributed by atoms with Gasteiger partial charge in [-0.15, -0.1) is 6.58 Å². The number of hydrogen-bond donors (Lipinski definition) is 3. The van der Waals surface area contributed by atoms with E-state index < -0.39 is 28.8 Å². The van der Waals surface area contributed by atoms with Crippen LogP contribution in [0.25, 0.3) is 0 Å². The number of amides is 1. The zero-order valence-corrected chi connectivity index (χ0v) is 14.1. The lowest BCUT2D eigenvalue weighted by Gasteiger charge is -2.53. The number of fused-ring (bicyclic) bond motifs is 1. The summed E-state index contributed by atoms with van der Waals surface area (Å²) < 4.78 is 0.389. The van der Waals surface area contributed by atoms with Crippen LogP contribution < -0.4 is 5.84 Å². The number of carboxylic acids is 1. The maximum Gasteiger partial charge on any atom is 0.354 e. The number of carbonyl (C=O) groups is 2. The Bertz CT molecular complexity index is 644. The van der Waals surface area contributed by atoms with Gasteiger partial charge < -0.3 is 16.1 Å². The van der Waals surface area contributed by atoms with Crippen LogP contribution in [0.5, 0.6) is 0 Å². The molecule has 0 saturated carbocycles. The molecule has 1 saturated heterocycles. The molecule has 0 aromatic rings. The Morgan fingerprint density at radius 3 is 2.74 bits per heavy atom. The molecule has 3 atom stereocenters. The van der Waals surface area contributed by atoms with E-state index >= 15 is 0 Å². The van der Waals surface area contributed by atoms with Crippen molar-refractivity contribution in [3.05, 3.63) is 35.2 Å². The number of nitrogens with zero attached hydrogens (tertiary/aromatic N) is 2. The third-order valence-electron chi connectivity index (χ3n) is 3.66. The summed E-state index contributed by atoms with van der Waals surface area (Å²) >= 11 is 2.25. The molecule has 7 nitrogen and oxygen atoms in total. The summed E-state index contributed by atoms with van der Waals surface area (Å²) in [5, 5.41) is 23.3. The van der Waals surface area contributed by atoms with Gasteiger partial charge in [0.25, 0.3) is 0 Å². The van der Waals surface area contributed by atoms with Crippen molar-refractivity contribution < 1.29 is 19.8 Å². The van der Waals surface area contributed by atoms with Crippen molar-refractivity contribution >= 4 is 40.4 Å². The Morgan fingerprint density at radius 2 is 2.30 bits per heavy atom. The molecule has 2 rings (SSSR count). The number of hydrogen-bond acceptors (Lipinski definition) is 7. The third kappa shape index (κ3) is 2.58. The van der Waals surface area contributed by atoms with Crippen LogP contribution >= 0.6 is 23.5 Å². The molecule has 0 aliphatic carbocycles. The average molecular weight is 355 g/mol. The number of β-lactam (4-membered cyclic amide) rings is 1. The molecule has 0 radical (unpaired) electrons. The lowest BCUT2D eigenvalue weighted by atomic mass is 9.80. The lowest BCUT2D eigenvalue weighted by molar-refractivity contribution is -0.166. The summed E-state index contributed by atoms with van der Waals surface area (Å²) in [7, 11) is 0. The Kier molecular flexibility index (Phi) is 4.92. The number of aliphatic hydroxyl groups excluding tert-OH is 1. The number of aliphatic hydroxyl groups is 1. The van der Waals surface area contributed by atoms with Gasteiger partial charge in [-0.05, 0) is 19.4 Å². The summed E-state index contributed by atoms with van der Waals surface area (Å²) in [5.74, 6) is 2.92. The fourth-order valence-electron chi connectivity index (χ4n) is 2.82. The highest BCUT2D eigenvalue weighted by atomic mass is 32.2. The van der Waals surface area contributed by atoms with Crippen molar-refractivity contribution in [3.63, 3.8) is 0 Å². The first kappa shape index (κ1) is 17.6. The Balaban J connectivity index is 2.48. The van der Waals surface area contributed by atoms with E-state index in [0.29, 0.717) is 15.7 Å². The number of hydrazone groups is 1. The summed E-state index contributed by atoms with van der Waals surface area (Å²) in [6.45, 7) is 8.76. The molecule has 2 aliphatic heterocycles. The molecule has 1 amide bonds. The third-order valence-corrected chi connectivity index (χ3v) is 6.35. The maximum absolute atomic E-state index is 12.4. The number of rotatable bonds is 6. The standard InChI is InChI=1S/C14H17N3O4S2/c1-4-6-14-9(7(3)18)11(19)17(14)10(12(20)21)13(23-14)22-8(5-2)16-15/h4-5,7,9,18H,1-2,6,15H2,3H3,(H,20,21)/t7?,9?,14-/m1/s1. The molecule has 2 heterocycles. The van der Waals surface area contributed by atoms with Gasteiger partial charge in [0.15, 0.2) is 5.70 Å². The maximum atomic E-state index is 12.4. The zero-order chi connectivity index (χ0) is 17.4. The molecule has 0 aromatic carbocycles. The molecular weight excluding hydrogens is 338 g/mol. The highest BCUT2D eigenvalue weighted by Gasteiger charge is 2.67. The van der Waals surface area contributed by atoms with Crippen LogP contribution in [0.2, 0.25) is 0 Å². The quantitative estimate of drug-likeness (QED) is 0.164. The normalized spacial score (nSPS) is 28.3. The van der Waals surface area contributed by atoms with E-state index in [-0.39, 0.29) is 5.70 Å². The Hall–Kier alpha value is -1.71. The molecule has 4 N–H and O–H groups in total. The molecule has 0 aromatic heterocycles. The second-order valence-electron chi connectivity index (χ2n) is 5.05. The van der Waals surface area contributed by atoms with Crippen molar-refractivity contribution in [2.45, 2.75) is 24.3 Å². The van der Waals surface area contributed by atoms with Gasteiger partial charge in [0.05, 0.1) is 16.3 Å². The molecule has 2 aliphatic rings. The van der Waals surface area contributed by atoms with Crippen molar-refractivity contribution in [2.75, 3.05) is 0 Å². The average Bonchev–Trinajstić information content (AvgIpc) is 2.74. The van der Waals surface area contributed by atoms with Gasteiger partial charge >= 0.3 is 5.97 Å². The van der Waals surface area contributed by atoms with E-state index in [1.54, 1.807) is 6.08 Å². The second-order valence-corrected chi connectivity index (χ2v) is 7.65. The van der Waals surface area contributed by atoms with Gasteiger partial charge in [-0.2, -0.15) is 5.10 Å². The first-order valence-electron chi connectivity index (χ1n) is 6.71. The van der Waals surface area contributed by atoms with Crippen LogP contribution in [0.1, 0.15) is 13.3 Å². The van der Waals surface area contributed by atoms with Crippen LogP contribution in [0.4, 0.5) is 0 Å². The van der Waals surface area contributed by atoms with Gasteiger partial charge in [0.1, 0.15) is 9.91 Å². The molecule has 0 bridgehead atoms. The minimum absolute atomic E-state index is 0.119. The molecule has 2 unspecified atom stereocenters. The predicted octanol–water partition coefficient (Wildman–Crippen LogP) is 1.29. The summed E-state index contributed by atoms with van der Waals surface area (Å²) in [6, 6.07) is 0. The van der Waals surface area contributed by atoms with E-state index in [2.05, 4.69) is 18.3 Å². The van der Waals surface area contributed by atoms with Crippen LogP contribution in [0, 0.1) is 5.92 Å². The SMILES string of the molecule is C=CC[C@]12SC(SC(C=C)=NN)=C(C(=O)O)N1C(=O)C2C(C)O. The number of carboxylic acid groups (broad SMARTS) is 1. The van der Waals surface area contributed by atoms with Gasteiger partial charge in [0, 0.05) is 0 Å². The van der Waals surface area contributed by atoms with Gasteiger partial charge in [-0.3, -0.25) is 9.69 Å².